The van der Waals surface area contributed by atoms with E-state index in [2.05, 4.69) is 4.98 Å². The van der Waals surface area contributed by atoms with Gasteiger partial charge in [-0.2, -0.15) is 4.98 Å². The number of aryl methyl sites for hydroxylation is 1. The molecule has 2 N–H and O–H groups in total. The number of carbonyl (C=O) groups is 1. The monoisotopic (exact) mass is 259 g/mol. The number of anilines is 1. The minimum Gasteiger partial charge on any atom is -0.444 e. The molecule has 6 heteroatoms. The normalized spacial score (nSPS) is 10.2. The van der Waals surface area contributed by atoms with Crippen molar-refractivity contribution in [3.63, 3.8) is 0 Å². The van der Waals surface area contributed by atoms with Crippen LogP contribution in [0.2, 0.25) is 0 Å². The van der Waals surface area contributed by atoms with E-state index in [1.54, 1.807) is 6.92 Å². The van der Waals surface area contributed by atoms with Crippen molar-refractivity contribution in [3.05, 3.63) is 58.0 Å². The zero-order valence-electron chi connectivity index (χ0n) is 10.4. The molecule has 0 fully saturated rings. The van der Waals surface area contributed by atoms with Crippen molar-refractivity contribution in [2.24, 2.45) is 0 Å². The van der Waals surface area contributed by atoms with Crippen LogP contribution in [0.25, 0.3) is 0 Å². The SMILES string of the molecule is Cc1cn(C(=O)OCc2ccccc2)c(N)nc1=O. The largest absolute Gasteiger partial charge is 0.444 e. The van der Waals surface area contributed by atoms with E-state index in [0.717, 1.165) is 10.1 Å². The summed E-state index contributed by atoms with van der Waals surface area (Å²) in [6, 6.07) is 9.25. The third-order valence-electron chi connectivity index (χ3n) is 2.52. The van der Waals surface area contributed by atoms with Crippen LogP contribution >= 0.6 is 0 Å². The fourth-order valence-electron chi connectivity index (χ4n) is 1.50. The Hall–Kier alpha value is -2.63. The molecule has 0 radical (unpaired) electrons. The Labute approximate surface area is 109 Å². The lowest BCUT2D eigenvalue weighted by atomic mass is 10.2. The molecule has 19 heavy (non-hydrogen) atoms. The van der Waals surface area contributed by atoms with Gasteiger partial charge in [-0.15, -0.1) is 0 Å². The highest BCUT2D eigenvalue weighted by Gasteiger charge is 2.11. The van der Waals surface area contributed by atoms with E-state index in [1.807, 2.05) is 30.3 Å². The maximum absolute atomic E-state index is 11.8. The summed E-state index contributed by atoms with van der Waals surface area (Å²) in [5, 5.41) is 0. The highest BCUT2D eigenvalue weighted by atomic mass is 16.5. The molecule has 0 saturated heterocycles. The average molecular weight is 259 g/mol. The van der Waals surface area contributed by atoms with E-state index >= 15 is 0 Å². The summed E-state index contributed by atoms with van der Waals surface area (Å²) in [5.41, 5.74) is 6.24. The van der Waals surface area contributed by atoms with Crippen LogP contribution in [0.1, 0.15) is 11.1 Å². The summed E-state index contributed by atoms with van der Waals surface area (Å²) >= 11 is 0. The van der Waals surface area contributed by atoms with E-state index in [1.165, 1.54) is 6.20 Å². The number of carbonyl (C=O) groups excluding carboxylic acids is 1. The summed E-state index contributed by atoms with van der Waals surface area (Å²) in [4.78, 5) is 26.6. The number of nitrogen functional groups attached to an aromatic ring is 1. The molecule has 6 nitrogen and oxygen atoms in total. The molecule has 0 bridgehead atoms. The Kier molecular flexibility index (Phi) is 3.61. The smallest absolute Gasteiger partial charge is 0.421 e. The van der Waals surface area contributed by atoms with Crippen LogP contribution in [-0.4, -0.2) is 15.6 Å². The van der Waals surface area contributed by atoms with Crippen molar-refractivity contribution < 1.29 is 9.53 Å². The molecule has 0 saturated carbocycles. The third kappa shape index (κ3) is 2.98. The lowest BCUT2D eigenvalue weighted by Gasteiger charge is -2.09. The standard InChI is InChI=1S/C13H13N3O3/c1-9-7-16(12(14)15-11(9)17)13(18)19-8-10-5-3-2-4-6-10/h2-7H,8H2,1H3,(H2,14,15,17). The average Bonchev–Trinajstić information content (AvgIpc) is 2.41. The number of ether oxygens (including phenoxy) is 1. The molecule has 2 aromatic rings. The van der Waals surface area contributed by atoms with Crippen LogP contribution in [0.3, 0.4) is 0 Å². The molecule has 1 aromatic heterocycles. The number of benzene rings is 1. The van der Waals surface area contributed by atoms with E-state index in [0.29, 0.717) is 5.56 Å². The molecule has 0 aliphatic carbocycles. The molecule has 0 aliphatic heterocycles. The first-order valence-corrected chi connectivity index (χ1v) is 5.65. The molecule has 98 valence electrons. The molecular weight excluding hydrogens is 246 g/mol. The molecule has 0 unspecified atom stereocenters. The van der Waals surface area contributed by atoms with Crippen molar-refractivity contribution >= 4 is 12.0 Å². The Morgan fingerprint density at radius 3 is 2.74 bits per heavy atom. The van der Waals surface area contributed by atoms with Gasteiger partial charge in [0.2, 0.25) is 5.95 Å². The van der Waals surface area contributed by atoms with Crippen molar-refractivity contribution in [2.45, 2.75) is 13.5 Å². The van der Waals surface area contributed by atoms with Gasteiger partial charge < -0.3 is 10.5 Å². The van der Waals surface area contributed by atoms with Gasteiger partial charge in [0.1, 0.15) is 6.61 Å². The maximum atomic E-state index is 11.8. The van der Waals surface area contributed by atoms with E-state index in [4.69, 9.17) is 10.5 Å². The summed E-state index contributed by atoms with van der Waals surface area (Å²) < 4.78 is 6.11. The predicted octanol–water partition coefficient (Wildman–Crippen LogP) is 1.32. The summed E-state index contributed by atoms with van der Waals surface area (Å²) in [5.74, 6) is -0.186. The van der Waals surface area contributed by atoms with Crippen LogP contribution in [-0.2, 0) is 11.3 Å². The van der Waals surface area contributed by atoms with E-state index in [-0.39, 0.29) is 12.6 Å². The highest BCUT2D eigenvalue weighted by Crippen LogP contribution is 2.04. The molecule has 1 heterocycles. The Morgan fingerprint density at radius 2 is 2.05 bits per heavy atom. The van der Waals surface area contributed by atoms with Gasteiger partial charge in [0.15, 0.2) is 0 Å². The maximum Gasteiger partial charge on any atom is 0.421 e. The lowest BCUT2D eigenvalue weighted by Crippen LogP contribution is -2.24. The van der Waals surface area contributed by atoms with Crippen LogP contribution < -0.4 is 11.3 Å². The minimum absolute atomic E-state index is 0.129. The number of nitrogens with two attached hydrogens (primary N) is 1. The van der Waals surface area contributed by atoms with Crippen molar-refractivity contribution in [3.8, 4) is 0 Å². The molecular formula is C13H13N3O3. The van der Waals surface area contributed by atoms with Crippen LogP contribution in [0.4, 0.5) is 10.7 Å². The van der Waals surface area contributed by atoms with Crippen molar-refractivity contribution in [1.29, 1.82) is 0 Å². The van der Waals surface area contributed by atoms with Gasteiger partial charge in [-0.3, -0.25) is 4.79 Å². The zero-order valence-corrected chi connectivity index (χ0v) is 10.4. The second-order valence-corrected chi connectivity index (χ2v) is 4.00. The molecule has 0 atom stereocenters. The molecule has 1 aromatic carbocycles. The fourth-order valence-corrected chi connectivity index (χ4v) is 1.50. The van der Waals surface area contributed by atoms with Gasteiger partial charge in [0, 0.05) is 11.8 Å². The van der Waals surface area contributed by atoms with E-state index < -0.39 is 11.7 Å². The Morgan fingerprint density at radius 1 is 1.37 bits per heavy atom. The van der Waals surface area contributed by atoms with Crippen molar-refractivity contribution in [1.82, 2.24) is 9.55 Å². The summed E-state index contributed by atoms with van der Waals surface area (Å²) in [7, 11) is 0. The first kappa shape index (κ1) is 12.8. The summed E-state index contributed by atoms with van der Waals surface area (Å²) in [6.45, 7) is 1.68. The number of hydrogen-bond acceptors (Lipinski definition) is 5. The minimum atomic E-state index is -0.669. The molecule has 0 spiro atoms. The highest BCUT2D eigenvalue weighted by molar-refractivity contribution is 5.73. The predicted molar refractivity (Wildman–Crippen MR) is 69.7 cm³/mol. The van der Waals surface area contributed by atoms with Gasteiger partial charge in [0.25, 0.3) is 5.56 Å². The quantitative estimate of drug-likeness (QED) is 0.878. The molecule has 0 amide bonds. The van der Waals surface area contributed by atoms with Crippen LogP contribution in [0.5, 0.6) is 0 Å². The first-order valence-electron chi connectivity index (χ1n) is 5.65. The Balaban J connectivity index is 2.13. The second-order valence-electron chi connectivity index (χ2n) is 4.00. The van der Waals surface area contributed by atoms with Gasteiger partial charge in [-0.05, 0) is 12.5 Å². The van der Waals surface area contributed by atoms with Crippen molar-refractivity contribution in [2.75, 3.05) is 5.73 Å². The van der Waals surface area contributed by atoms with Crippen LogP contribution in [0, 0.1) is 6.92 Å². The molecule has 0 aliphatic rings. The van der Waals surface area contributed by atoms with Gasteiger partial charge in [-0.25, -0.2) is 9.36 Å². The van der Waals surface area contributed by atoms with Gasteiger partial charge in [0.05, 0.1) is 0 Å². The number of rotatable bonds is 2. The fraction of sp³-hybridized carbons (Fsp3) is 0.154. The Bertz CT molecular complexity index is 650. The number of aromatic nitrogens is 2. The van der Waals surface area contributed by atoms with Gasteiger partial charge in [-0.1, -0.05) is 30.3 Å². The van der Waals surface area contributed by atoms with Gasteiger partial charge >= 0.3 is 6.09 Å². The second kappa shape index (κ2) is 5.34. The summed E-state index contributed by atoms with van der Waals surface area (Å²) in [6.07, 6.45) is 0.648. The van der Waals surface area contributed by atoms with E-state index in [9.17, 15) is 9.59 Å². The number of nitrogens with zero attached hydrogens (tertiary/aromatic N) is 2. The zero-order chi connectivity index (χ0) is 13.8. The van der Waals surface area contributed by atoms with Crippen LogP contribution in [0.15, 0.2) is 41.3 Å². The number of hydrogen-bond donors (Lipinski definition) is 1. The topological polar surface area (TPSA) is 87.2 Å². The first-order chi connectivity index (χ1) is 9.08. The third-order valence-corrected chi connectivity index (χ3v) is 2.52. The molecule has 2 rings (SSSR count). The lowest BCUT2D eigenvalue weighted by molar-refractivity contribution is 0.141.